The van der Waals surface area contributed by atoms with Crippen molar-refractivity contribution in [2.45, 2.75) is 29.7 Å². The van der Waals surface area contributed by atoms with Crippen LogP contribution in [0.5, 0.6) is 0 Å². The Labute approximate surface area is 102 Å². The average molecular weight is 252 g/mol. The molecule has 5 heteroatoms. The molecule has 1 saturated carbocycles. The fourth-order valence-corrected chi connectivity index (χ4v) is 3.61. The monoisotopic (exact) mass is 252 g/mol. The van der Waals surface area contributed by atoms with Crippen LogP contribution in [0.4, 0.5) is 0 Å². The summed E-state index contributed by atoms with van der Waals surface area (Å²) in [5, 5.41) is 9.36. The minimum Gasteiger partial charge on any atom is -0.392 e. The van der Waals surface area contributed by atoms with E-state index in [1.807, 2.05) is 6.26 Å². The van der Waals surface area contributed by atoms with Crippen LogP contribution in [-0.4, -0.2) is 21.3 Å². The van der Waals surface area contributed by atoms with Crippen LogP contribution in [0.1, 0.15) is 29.9 Å². The Morgan fingerprint density at radius 2 is 2.38 bits per heavy atom. The van der Waals surface area contributed by atoms with Gasteiger partial charge in [0.05, 0.1) is 11.3 Å². The van der Waals surface area contributed by atoms with Crippen LogP contribution in [-0.2, 0) is 6.61 Å². The van der Waals surface area contributed by atoms with E-state index in [9.17, 15) is 5.11 Å². The first kappa shape index (κ1) is 10.5. The summed E-state index contributed by atoms with van der Waals surface area (Å²) in [6.45, 7) is 0.0846. The van der Waals surface area contributed by atoms with Gasteiger partial charge in [0.15, 0.2) is 9.99 Å². The molecule has 0 aromatic carbocycles. The van der Waals surface area contributed by atoms with Crippen molar-refractivity contribution in [1.82, 2.24) is 9.97 Å². The molecule has 0 bridgehead atoms. The Balaban J connectivity index is 2.25. The Morgan fingerprint density at radius 3 is 3.00 bits per heavy atom. The van der Waals surface area contributed by atoms with Gasteiger partial charge in [-0.1, -0.05) is 11.8 Å². The molecule has 0 saturated heterocycles. The molecule has 0 amide bonds. The highest BCUT2D eigenvalue weighted by molar-refractivity contribution is 8.00. The maximum atomic E-state index is 9.36. The van der Waals surface area contributed by atoms with E-state index in [0.29, 0.717) is 5.92 Å². The number of rotatable bonds is 3. The molecule has 84 valence electrons. The summed E-state index contributed by atoms with van der Waals surface area (Å²) in [4.78, 5) is 8.78. The quantitative estimate of drug-likeness (QED) is 0.853. The van der Waals surface area contributed by atoms with E-state index in [4.69, 9.17) is 0 Å². The number of aliphatic hydroxyl groups is 1. The van der Waals surface area contributed by atoms with Crippen molar-refractivity contribution in [2.75, 3.05) is 6.26 Å². The van der Waals surface area contributed by atoms with Gasteiger partial charge in [0.1, 0.15) is 0 Å². The summed E-state index contributed by atoms with van der Waals surface area (Å²) in [6.07, 6.45) is 6.28. The second-order valence-electron chi connectivity index (χ2n) is 3.97. The number of pyridine rings is 1. The summed E-state index contributed by atoms with van der Waals surface area (Å²) in [7, 11) is 0. The molecule has 0 unspecified atom stereocenters. The largest absolute Gasteiger partial charge is 0.392 e. The minimum atomic E-state index is 0.0846. The number of thiazole rings is 1. The van der Waals surface area contributed by atoms with Gasteiger partial charge >= 0.3 is 0 Å². The predicted molar refractivity (Wildman–Crippen MR) is 67.1 cm³/mol. The first-order chi connectivity index (χ1) is 7.83. The first-order valence-electron chi connectivity index (χ1n) is 5.26. The summed E-state index contributed by atoms with van der Waals surface area (Å²) in [5.41, 5.74) is 3.12. The van der Waals surface area contributed by atoms with Crippen molar-refractivity contribution in [3.63, 3.8) is 0 Å². The maximum absolute atomic E-state index is 9.36. The summed E-state index contributed by atoms with van der Waals surface area (Å²) in [6, 6.07) is 0. The zero-order chi connectivity index (χ0) is 11.1. The Bertz CT molecular complexity index is 534. The van der Waals surface area contributed by atoms with Gasteiger partial charge in [-0.25, -0.2) is 9.97 Å². The highest BCUT2D eigenvalue weighted by Crippen LogP contribution is 2.46. The van der Waals surface area contributed by atoms with Gasteiger partial charge in [-0.15, -0.1) is 11.3 Å². The third kappa shape index (κ3) is 1.63. The molecule has 1 N–H and O–H groups in total. The zero-order valence-electron chi connectivity index (χ0n) is 8.93. The molecule has 0 atom stereocenters. The number of hydrogen-bond donors (Lipinski definition) is 1. The molecule has 2 heterocycles. The lowest BCUT2D eigenvalue weighted by Crippen LogP contribution is -1.94. The molecule has 0 spiro atoms. The van der Waals surface area contributed by atoms with Gasteiger partial charge in [0, 0.05) is 11.8 Å². The number of aromatic nitrogens is 2. The van der Waals surface area contributed by atoms with E-state index in [-0.39, 0.29) is 6.61 Å². The van der Waals surface area contributed by atoms with Crippen molar-refractivity contribution in [2.24, 2.45) is 0 Å². The van der Waals surface area contributed by atoms with Crippen molar-refractivity contribution >= 4 is 33.4 Å². The summed E-state index contributed by atoms with van der Waals surface area (Å²) < 4.78 is 2.23. The third-order valence-corrected chi connectivity index (χ3v) is 4.92. The van der Waals surface area contributed by atoms with Crippen LogP contribution in [0.25, 0.3) is 10.3 Å². The van der Waals surface area contributed by atoms with Crippen molar-refractivity contribution in [3.8, 4) is 0 Å². The first-order valence-corrected chi connectivity index (χ1v) is 7.30. The van der Waals surface area contributed by atoms with Crippen LogP contribution in [0.3, 0.4) is 0 Å². The SMILES string of the molecule is CSc1nc2ncc(CO)c(C3CC3)c2s1. The molecule has 0 aliphatic heterocycles. The van der Waals surface area contributed by atoms with Crippen molar-refractivity contribution in [3.05, 3.63) is 17.3 Å². The smallest absolute Gasteiger partial charge is 0.171 e. The van der Waals surface area contributed by atoms with Gasteiger partial charge in [-0.05, 0) is 30.6 Å². The molecule has 0 radical (unpaired) electrons. The van der Waals surface area contributed by atoms with E-state index in [0.717, 1.165) is 15.6 Å². The number of nitrogens with zero attached hydrogens (tertiary/aromatic N) is 2. The van der Waals surface area contributed by atoms with E-state index < -0.39 is 0 Å². The lowest BCUT2D eigenvalue weighted by molar-refractivity contribution is 0.280. The fourth-order valence-electron chi connectivity index (χ4n) is 1.94. The van der Waals surface area contributed by atoms with E-state index >= 15 is 0 Å². The molecule has 2 aromatic heterocycles. The molecule has 3 rings (SSSR count). The lowest BCUT2D eigenvalue weighted by Gasteiger charge is -2.05. The number of fused-ring (bicyclic) bond motifs is 1. The summed E-state index contributed by atoms with van der Waals surface area (Å²) in [5.74, 6) is 0.628. The Kier molecular flexibility index (Phi) is 2.61. The lowest BCUT2D eigenvalue weighted by atomic mass is 10.1. The van der Waals surface area contributed by atoms with E-state index in [2.05, 4.69) is 9.97 Å². The zero-order valence-corrected chi connectivity index (χ0v) is 10.6. The van der Waals surface area contributed by atoms with E-state index in [1.54, 1.807) is 29.3 Å². The Hall–Kier alpha value is -0.650. The van der Waals surface area contributed by atoms with Crippen LogP contribution < -0.4 is 0 Å². The van der Waals surface area contributed by atoms with Gasteiger partial charge < -0.3 is 5.11 Å². The van der Waals surface area contributed by atoms with Crippen LogP contribution in [0.2, 0.25) is 0 Å². The predicted octanol–water partition coefficient (Wildman–Crippen LogP) is 2.78. The van der Waals surface area contributed by atoms with Gasteiger partial charge in [0.25, 0.3) is 0 Å². The van der Waals surface area contributed by atoms with Gasteiger partial charge in [0.2, 0.25) is 0 Å². The van der Waals surface area contributed by atoms with Gasteiger partial charge in [-0.2, -0.15) is 0 Å². The number of thioether (sulfide) groups is 1. The van der Waals surface area contributed by atoms with Crippen LogP contribution in [0, 0.1) is 0 Å². The molecule has 2 aromatic rings. The third-order valence-electron chi connectivity index (χ3n) is 2.85. The number of hydrogen-bond acceptors (Lipinski definition) is 5. The highest BCUT2D eigenvalue weighted by atomic mass is 32.2. The standard InChI is InChI=1S/C11H12N2OS2/c1-15-11-13-10-9(16-11)8(6-2-3-6)7(5-14)4-12-10/h4,6,14H,2-3,5H2,1H3. The molecular weight excluding hydrogens is 240 g/mol. The van der Waals surface area contributed by atoms with Crippen molar-refractivity contribution < 1.29 is 5.11 Å². The second kappa shape index (κ2) is 3.98. The molecule has 1 aliphatic carbocycles. The van der Waals surface area contributed by atoms with E-state index in [1.165, 1.54) is 23.1 Å². The second-order valence-corrected chi connectivity index (χ2v) is 6.02. The highest BCUT2D eigenvalue weighted by Gasteiger charge is 2.29. The van der Waals surface area contributed by atoms with Gasteiger partial charge in [-0.3, -0.25) is 0 Å². The maximum Gasteiger partial charge on any atom is 0.171 e. The molecule has 1 fully saturated rings. The molecule has 3 nitrogen and oxygen atoms in total. The van der Waals surface area contributed by atoms with Crippen molar-refractivity contribution in [1.29, 1.82) is 0 Å². The normalized spacial score (nSPS) is 15.9. The molecular formula is C11H12N2OS2. The molecule has 16 heavy (non-hydrogen) atoms. The van der Waals surface area contributed by atoms with Crippen LogP contribution in [0.15, 0.2) is 10.5 Å². The summed E-state index contributed by atoms with van der Waals surface area (Å²) >= 11 is 3.35. The minimum absolute atomic E-state index is 0.0846. The van der Waals surface area contributed by atoms with Crippen LogP contribution >= 0.6 is 23.1 Å². The topological polar surface area (TPSA) is 46.0 Å². The molecule has 1 aliphatic rings. The average Bonchev–Trinajstić information content (AvgIpc) is 3.05. The fraction of sp³-hybridized carbons (Fsp3) is 0.455. The Morgan fingerprint density at radius 1 is 1.56 bits per heavy atom. The number of aliphatic hydroxyl groups excluding tert-OH is 1.